The molecule has 0 radical (unpaired) electrons. The summed E-state index contributed by atoms with van der Waals surface area (Å²) in [6.45, 7) is 1.01. The number of carbonyl (C=O) groups is 2. The maximum Gasteiger partial charge on any atom is 0.338 e. The van der Waals surface area contributed by atoms with Gasteiger partial charge >= 0.3 is 5.97 Å². The third kappa shape index (κ3) is 4.94. The van der Waals surface area contributed by atoms with Crippen LogP contribution in [0.25, 0.3) is 0 Å². The minimum Gasteiger partial charge on any atom is -0.493 e. The van der Waals surface area contributed by atoms with Gasteiger partial charge in [-0.2, -0.15) is 0 Å². The molecule has 9 heteroatoms. The fraction of sp³-hybridized carbons (Fsp3) is 0.222. The Bertz CT molecular complexity index is 880. The topological polar surface area (TPSA) is 117 Å². The van der Waals surface area contributed by atoms with Gasteiger partial charge in [0, 0.05) is 23.4 Å². The van der Waals surface area contributed by atoms with Crippen molar-refractivity contribution in [2.24, 2.45) is 0 Å². The summed E-state index contributed by atoms with van der Waals surface area (Å²) in [5.74, 6) is -0.472. The lowest BCUT2D eigenvalue weighted by Crippen LogP contribution is -2.21. The van der Waals surface area contributed by atoms with Crippen LogP contribution in [-0.4, -0.2) is 37.6 Å². The molecule has 2 rings (SSSR count). The van der Waals surface area contributed by atoms with Crippen molar-refractivity contribution in [2.45, 2.75) is 6.92 Å². The molecule has 2 aromatic rings. The Morgan fingerprint density at radius 2 is 1.78 bits per heavy atom. The number of benzene rings is 2. The number of ether oxygens (including phenoxy) is 3. The zero-order valence-corrected chi connectivity index (χ0v) is 15.0. The Kier molecular flexibility index (Phi) is 6.32. The highest BCUT2D eigenvalue weighted by Gasteiger charge is 2.17. The standard InChI is InChI=1S/C18H18N2O7/c1-11-4-5-12(8-14(11)20(23)24)18(22)27-10-17(21)19-13-6-7-15(25-2)16(9-13)26-3/h4-9H,10H2,1-3H3,(H,19,21). The van der Waals surface area contributed by atoms with Gasteiger partial charge in [-0.1, -0.05) is 6.07 Å². The van der Waals surface area contributed by atoms with E-state index in [1.54, 1.807) is 25.1 Å². The number of carbonyl (C=O) groups excluding carboxylic acids is 2. The number of amides is 1. The van der Waals surface area contributed by atoms with Crippen LogP contribution < -0.4 is 14.8 Å². The van der Waals surface area contributed by atoms with Gasteiger partial charge < -0.3 is 19.5 Å². The van der Waals surface area contributed by atoms with Crippen molar-refractivity contribution < 1.29 is 28.7 Å². The van der Waals surface area contributed by atoms with Crippen molar-refractivity contribution in [3.63, 3.8) is 0 Å². The van der Waals surface area contributed by atoms with Gasteiger partial charge in [0.2, 0.25) is 0 Å². The fourth-order valence-electron chi connectivity index (χ4n) is 2.26. The summed E-state index contributed by atoms with van der Waals surface area (Å²) < 4.78 is 15.2. The molecule has 0 aromatic heterocycles. The number of nitrogens with zero attached hydrogens (tertiary/aromatic N) is 1. The van der Waals surface area contributed by atoms with Crippen molar-refractivity contribution in [3.05, 3.63) is 57.6 Å². The summed E-state index contributed by atoms with van der Waals surface area (Å²) in [5.41, 5.74) is 0.646. The Morgan fingerprint density at radius 3 is 2.41 bits per heavy atom. The van der Waals surface area contributed by atoms with E-state index >= 15 is 0 Å². The molecule has 0 fully saturated rings. The van der Waals surface area contributed by atoms with Gasteiger partial charge in [0.15, 0.2) is 18.1 Å². The van der Waals surface area contributed by atoms with Crippen LogP contribution in [-0.2, 0) is 9.53 Å². The first kappa shape index (κ1) is 19.7. The number of nitrogens with one attached hydrogen (secondary N) is 1. The SMILES string of the molecule is COc1ccc(NC(=O)COC(=O)c2ccc(C)c([N+](=O)[O-])c2)cc1OC. The van der Waals surface area contributed by atoms with Gasteiger partial charge in [-0.15, -0.1) is 0 Å². The Morgan fingerprint density at radius 1 is 1.07 bits per heavy atom. The average Bonchev–Trinajstić information content (AvgIpc) is 2.66. The molecule has 142 valence electrons. The number of anilines is 1. The maximum absolute atomic E-state index is 12.0. The predicted molar refractivity (Wildman–Crippen MR) is 96.3 cm³/mol. The van der Waals surface area contributed by atoms with Crippen molar-refractivity contribution in [1.82, 2.24) is 0 Å². The highest BCUT2D eigenvalue weighted by molar-refractivity contribution is 5.96. The normalized spacial score (nSPS) is 10.0. The Hall–Kier alpha value is -3.62. The third-order valence-corrected chi connectivity index (χ3v) is 3.64. The summed E-state index contributed by atoms with van der Waals surface area (Å²) in [7, 11) is 2.96. The monoisotopic (exact) mass is 374 g/mol. The lowest BCUT2D eigenvalue weighted by Gasteiger charge is -2.11. The molecule has 0 bridgehead atoms. The van der Waals surface area contributed by atoms with Crippen LogP contribution in [0.15, 0.2) is 36.4 Å². The van der Waals surface area contributed by atoms with Gasteiger partial charge in [0.1, 0.15) is 0 Å². The van der Waals surface area contributed by atoms with E-state index in [1.807, 2.05) is 0 Å². The predicted octanol–water partition coefficient (Wildman–Crippen LogP) is 2.72. The number of nitro benzene ring substituents is 1. The van der Waals surface area contributed by atoms with E-state index in [0.29, 0.717) is 22.7 Å². The first-order chi connectivity index (χ1) is 12.8. The summed E-state index contributed by atoms with van der Waals surface area (Å²) in [6.07, 6.45) is 0. The van der Waals surface area contributed by atoms with Crippen LogP contribution in [0.1, 0.15) is 15.9 Å². The molecule has 27 heavy (non-hydrogen) atoms. The molecular weight excluding hydrogens is 356 g/mol. The molecule has 9 nitrogen and oxygen atoms in total. The molecule has 0 unspecified atom stereocenters. The van der Waals surface area contributed by atoms with Gasteiger partial charge in [0.25, 0.3) is 11.6 Å². The highest BCUT2D eigenvalue weighted by atomic mass is 16.6. The summed E-state index contributed by atoms with van der Waals surface area (Å²) in [6, 6.07) is 8.73. The smallest absolute Gasteiger partial charge is 0.338 e. The van der Waals surface area contributed by atoms with Crippen LogP contribution in [0.3, 0.4) is 0 Å². The lowest BCUT2D eigenvalue weighted by molar-refractivity contribution is -0.385. The molecule has 1 N–H and O–H groups in total. The number of hydrogen-bond acceptors (Lipinski definition) is 7. The van der Waals surface area contributed by atoms with Crippen molar-refractivity contribution in [1.29, 1.82) is 0 Å². The first-order valence-electron chi connectivity index (χ1n) is 7.79. The zero-order valence-electron chi connectivity index (χ0n) is 15.0. The summed E-state index contributed by atoms with van der Waals surface area (Å²) >= 11 is 0. The van der Waals surface area contributed by atoms with Crippen LogP contribution >= 0.6 is 0 Å². The second-order valence-corrected chi connectivity index (χ2v) is 5.45. The van der Waals surface area contributed by atoms with E-state index in [4.69, 9.17) is 14.2 Å². The zero-order chi connectivity index (χ0) is 20.0. The minimum absolute atomic E-state index is 0.00813. The summed E-state index contributed by atoms with van der Waals surface area (Å²) in [5, 5.41) is 13.5. The van der Waals surface area contributed by atoms with Crippen molar-refractivity contribution in [2.75, 3.05) is 26.1 Å². The molecule has 0 heterocycles. The van der Waals surface area contributed by atoms with Crippen LogP contribution in [0.5, 0.6) is 11.5 Å². The largest absolute Gasteiger partial charge is 0.493 e. The molecule has 0 aliphatic carbocycles. The Balaban J connectivity index is 1.98. The second kappa shape index (κ2) is 8.65. The minimum atomic E-state index is -0.833. The fourth-order valence-corrected chi connectivity index (χ4v) is 2.26. The molecule has 2 aromatic carbocycles. The molecule has 0 aliphatic heterocycles. The number of nitro groups is 1. The molecule has 0 saturated heterocycles. The molecular formula is C18H18N2O7. The van der Waals surface area contributed by atoms with E-state index in [9.17, 15) is 19.7 Å². The van der Waals surface area contributed by atoms with Crippen LogP contribution in [0, 0.1) is 17.0 Å². The third-order valence-electron chi connectivity index (χ3n) is 3.64. The second-order valence-electron chi connectivity index (χ2n) is 5.45. The maximum atomic E-state index is 12.0. The number of rotatable bonds is 7. The van der Waals surface area contributed by atoms with Gasteiger partial charge in [-0.3, -0.25) is 14.9 Å². The van der Waals surface area contributed by atoms with E-state index in [-0.39, 0.29) is 11.3 Å². The average molecular weight is 374 g/mol. The van der Waals surface area contributed by atoms with Gasteiger partial charge in [-0.05, 0) is 25.1 Å². The quantitative estimate of drug-likeness (QED) is 0.450. The number of aryl methyl sites for hydroxylation is 1. The van der Waals surface area contributed by atoms with Crippen LogP contribution in [0.2, 0.25) is 0 Å². The first-order valence-corrected chi connectivity index (χ1v) is 7.79. The van der Waals surface area contributed by atoms with Gasteiger partial charge in [0.05, 0.1) is 24.7 Å². The molecule has 0 spiro atoms. The van der Waals surface area contributed by atoms with Crippen molar-refractivity contribution in [3.8, 4) is 11.5 Å². The number of methoxy groups -OCH3 is 2. The van der Waals surface area contributed by atoms with E-state index in [0.717, 1.165) is 6.07 Å². The Labute approximate surface area is 155 Å². The van der Waals surface area contributed by atoms with E-state index < -0.39 is 23.4 Å². The number of hydrogen-bond donors (Lipinski definition) is 1. The lowest BCUT2D eigenvalue weighted by atomic mass is 10.1. The van der Waals surface area contributed by atoms with Crippen LogP contribution in [0.4, 0.5) is 11.4 Å². The van der Waals surface area contributed by atoms with Crippen molar-refractivity contribution >= 4 is 23.3 Å². The molecule has 1 amide bonds. The van der Waals surface area contributed by atoms with Gasteiger partial charge in [-0.25, -0.2) is 4.79 Å². The molecule has 0 atom stereocenters. The number of esters is 1. The summed E-state index contributed by atoms with van der Waals surface area (Å²) in [4.78, 5) is 34.3. The van der Waals surface area contributed by atoms with E-state index in [2.05, 4.69) is 5.32 Å². The highest BCUT2D eigenvalue weighted by Crippen LogP contribution is 2.29. The molecule has 0 aliphatic rings. The molecule has 0 saturated carbocycles. The van der Waals surface area contributed by atoms with E-state index in [1.165, 1.54) is 26.4 Å².